The SMILES string of the molecule is Cn1ccnc1SC1CCN(Nc2nc(Cl)nc3c2ncn3[C@@H]2O[C@H](CO)C(O)C2O)CC1. The molecule has 4 atom stereocenters. The largest absolute Gasteiger partial charge is 0.394 e. The van der Waals surface area contributed by atoms with Gasteiger partial charge in [-0.25, -0.2) is 15.0 Å². The molecule has 3 aromatic rings. The van der Waals surface area contributed by atoms with Crippen molar-refractivity contribution in [2.24, 2.45) is 7.05 Å². The van der Waals surface area contributed by atoms with Crippen LogP contribution in [-0.4, -0.2) is 92.7 Å². The Hall–Kier alpha value is -2.00. The highest BCUT2D eigenvalue weighted by Crippen LogP contribution is 2.33. The van der Waals surface area contributed by atoms with Gasteiger partial charge in [0.15, 0.2) is 28.4 Å². The fourth-order valence-corrected chi connectivity index (χ4v) is 5.37. The van der Waals surface area contributed by atoms with Crippen molar-refractivity contribution in [3.63, 3.8) is 0 Å². The van der Waals surface area contributed by atoms with Crippen LogP contribution in [0.25, 0.3) is 11.2 Å². The molecule has 0 bridgehead atoms. The van der Waals surface area contributed by atoms with Crippen LogP contribution in [-0.2, 0) is 11.8 Å². The van der Waals surface area contributed by atoms with E-state index in [1.54, 1.807) is 11.8 Å². The highest BCUT2D eigenvalue weighted by molar-refractivity contribution is 7.99. The Labute approximate surface area is 198 Å². The van der Waals surface area contributed by atoms with Crippen LogP contribution >= 0.6 is 23.4 Å². The molecular weight excluding hydrogens is 472 g/mol. The number of piperidine rings is 1. The van der Waals surface area contributed by atoms with Crippen molar-refractivity contribution in [1.82, 2.24) is 34.1 Å². The van der Waals surface area contributed by atoms with E-state index in [0.29, 0.717) is 22.2 Å². The Bertz CT molecular complexity index is 1120. The maximum absolute atomic E-state index is 10.4. The molecule has 0 aliphatic carbocycles. The predicted molar refractivity (Wildman–Crippen MR) is 121 cm³/mol. The molecule has 2 aliphatic rings. The van der Waals surface area contributed by atoms with Gasteiger partial charge in [0, 0.05) is 37.8 Å². The number of hydrazine groups is 1. The molecule has 0 saturated carbocycles. The van der Waals surface area contributed by atoms with Gasteiger partial charge in [-0.3, -0.25) is 4.57 Å². The minimum Gasteiger partial charge on any atom is -0.394 e. The van der Waals surface area contributed by atoms with E-state index in [2.05, 4.69) is 30.4 Å². The number of halogens is 1. The highest BCUT2D eigenvalue weighted by atomic mass is 35.5. The van der Waals surface area contributed by atoms with Crippen LogP contribution in [0.1, 0.15) is 19.1 Å². The summed E-state index contributed by atoms with van der Waals surface area (Å²) in [5, 5.41) is 33.4. The zero-order valence-electron chi connectivity index (χ0n) is 17.8. The van der Waals surface area contributed by atoms with Crippen molar-refractivity contribution in [2.75, 3.05) is 25.1 Å². The number of imidazole rings is 2. The standard InChI is InChI=1S/C19H25ClN8O4S/c1-26-7-4-21-19(26)33-10-2-5-27(6-3-10)25-15-12-16(24-18(20)23-15)28(9-22-12)17-14(31)13(30)11(8-29)32-17/h4,7,9-11,13-14,17,29-31H,2-3,5-6,8H2,1H3,(H,23,24,25)/t11-,13?,14?,17-/m1/s1. The number of aliphatic hydroxyl groups excluding tert-OH is 3. The highest BCUT2D eigenvalue weighted by Gasteiger charge is 2.44. The maximum Gasteiger partial charge on any atom is 0.226 e. The van der Waals surface area contributed by atoms with Crippen molar-refractivity contribution in [3.05, 3.63) is 24.0 Å². The average molecular weight is 497 g/mol. The van der Waals surface area contributed by atoms with Crippen molar-refractivity contribution in [2.45, 2.75) is 47.8 Å². The lowest BCUT2D eigenvalue weighted by atomic mass is 10.1. The summed E-state index contributed by atoms with van der Waals surface area (Å²) in [6.45, 7) is 1.19. The van der Waals surface area contributed by atoms with Crippen molar-refractivity contribution < 1.29 is 20.1 Å². The molecule has 0 radical (unpaired) electrons. The molecule has 2 saturated heterocycles. The number of aryl methyl sites for hydroxylation is 1. The normalized spacial score (nSPS) is 26.9. The molecule has 12 nitrogen and oxygen atoms in total. The number of aromatic nitrogens is 6. The fraction of sp³-hybridized carbons (Fsp3) is 0.579. The first-order valence-corrected chi connectivity index (χ1v) is 11.9. The Kier molecular flexibility index (Phi) is 6.44. The summed E-state index contributed by atoms with van der Waals surface area (Å²) in [6, 6.07) is 0. The molecule has 33 heavy (non-hydrogen) atoms. The van der Waals surface area contributed by atoms with Gasteiger partial charge in [0.2, 0.25) is 5.28 Å². The number of nitrogens with one attached hydrogen (secondary N) is 1. The summed E-state index contributed by atoms with van der Waals surface area (Å²) in [7, 11) is 2.00. The first-order valence-electron chi connectivity index (χ1n) is 10.6. The minimum absolute atomic E-state index is 0.0127. The quantitative estimate of drug-likeness (QED) is 0.352. The Balaban J connectivity index is 1.30. The summed E-state index contributed by atoms with van der Waals surface area (Å²) in [5.74, 6) is 0.450. The lowest BCUT2D eigenvalue weighted by molar-refractivity contribution is -0.0511. The second kappa shape index (κ2) is 9.33. The van der Waals surface area contributed by atoms with E-state index < -0.39 is 31.1 Å². The number of thioether (sulfide) groups is 1. The summed E-state index contributed by atoms with van der Waals surface area (Å²) in [6.07, 6.45) is 2.83. The topological polar surface area (TPSA) is 147 Å². The smallest absolute Gasteiger partial charge is 0.226 e. The van der Waals surface area contributed by atoms with E-state index in [1.807, 2.05) is 24.0 Å². The maximum atomic E-state index is 10.4. The molecule has 0 amide bonds. The van der Waals surface area contributed by atoms with Gasteiger partial charge >= 0.3 is 0 Å². The second-order valence-electron chi connectivity index (χ2n) is 8.13. The van der Waals surface area contributed by atoms with E-state index in [9.17, 15) is 15.3 Å². The van der Waals surface area contributed by atoms with Crippen molar-refractivity contribution >= 4 is 40.3 Å². The first kappa shape index (κ1) is 22.8. The third-order valence-electron chi connectivity index (χ3n) is 5.94. The van der Waals surface area contributed by atoms with Crippen LogP contribution < -0.4 is 5.43 Å². The summed E-state index contributed by atoms with van der Waals surface area (Å²) in [4.78, 5) is 17.3. The average Bonchev–Trinajstić information content (AvgIpc) is 3.48. The number of fused-ring (bicyclic) bond motifs is 1. The second-order valence-corrected chi connectivity index (χ2v) is 9.74. The van der Waals surface area contributed by atoms with Crippen LogP contribution in [0.3, 0.4) is 0 Å². The molecule has 5 rings (SSSR count). The number of nitrogens with zero attached hydrogens (tertiary/aromatic N) is 7. The van der Waals surface area contributed by atoms with E-state index >= 15 is 0 Å². The van der Waals surface area contributed by atoms with Gasteiger partial charge in [-0.2, -0.15) is 9.97 Å². The molecule has 2 aliphatic heterocycles. The molecular formula is C19H25ClN8O4S. The van der Waals surface area contributed by atoms with Gasteiger partial charge in [0.1, 0.15) is 18.3 Å². The first-order chi connectivity index (χ1) is 15.9. The van der Waals surface area contributed by atoms with Crippen LogP contribution in [0.4, 0.5) is 5.82 Å². The van der Waals surface area contributed by atoms with Gasteiger partial charge in [-0.1, -0.05) is 11.8 Å². The van der Waals surface area contributed by atoms with E-state index in [0.717, 1.165) is 31.1 Å². The Morgan fingerprint density at radius 3 is 2.67 bits per heavy atom. The fourth-order valence-electron chi connectivity index (χ4n) is 4.11. The van der Waals surface area contributed by atoms with Gasteiger partial charge in [0.05, 0.1) is 12.9 Å². The summed E-state index contributed by atoms with van der Waals surface area (Å²) >= 11 is 7.98. The lowest BCUT2D eigenvalue weighted by Gasteiger charge is -2.31. The van der Waals surface area contributed by atoms with Gasteiger partial charge in [-0.05, 0) is 24.4 Å². The minimum atomic E-state index is -1.25. The van der Waals surface area contributed by atoms with Crippen molar-refractivity contribution in [3.8, 4) is 0 Å². The van der Waals surface area contributed by atoms with E-state index in [1.165, 1.54) is 10.9 Å². The number of rotatable bonds is 6. The molecule has 0 spiro atoms. The van der Waals surface area contributed by atoms with Gasteiger partial charge in [-0.15, -0.1) is 0 Å². The van der Waals surface area contributed by atoms with Gasteiger partial charge in [0.25, 0.3) is 0 Å². The molecule has 5 heterocycles. The number of hydrogen-bond donors (Lipinski definition) is 4. The third kappa shape index (κ3) is 4.41. The van der Waals surface area contributed by atoms with E-state index in [4.69, 9.17) is 16.3 Å². The molecule has 178 valence electrons. The molecule has 3 aromatic heterocycles. The van der Waals surface area contributed by atoms with Crippen LogP contribution in [0.15, 0.2) is 23.9 Å². The Morgan fingerprint density at radius 1 is 1.21 bits per heavy atom. The number of hydrogen-bond acceptors (Lipinski definition) is 11. The number of aliphatic hydroxyl groups is 3. The molecule has 4 N–H and O–H groups in total. The van der Waals surface area contributed by atoms with Gasteiger partial charge < -0.3 is 30.0 Å². The number of ether oxygens (including phenoxy) is 1. The van der Waals surface area contributed by atoms with E-state index in [-0.39, 0.29) is 5.28 Å². The summed E-state index contributed by atoms with van der Waals surface area (Å²) in [5.41, 5.74) is 4.11. The zero-order valence-corrected chi connectivity index (χ0v) is 19.4. The molecule has 0 aromatic carbocycles. The zero-order chi connectivity index (χ0) is 23.1. The van der Waals surface area contributed by atoms with Crippen LogP contribution in [0.2, 0.25) is 5.28 Å². The third-order valence-corrected chi connectivity index (χ3v) is 7.52. The number of anilines is 1. The lowest BCUT2D eigenvalue weighted by Crippen LogP contribution is -2.39. The molecule has 14 heteroatoms. The van der Waals surface area contributed by atoms with Crippen molar-refractivity contribution in [1.29, 1.82) is 0 Å². The molecule has 2 unspecified atom stereocenters. The summed E-state index contributed by atoms with van der Waals surface area (Å²) < 4.78 is 9.13. The monoisotopic (exact) mass is 496 g/mol. The van der Waals surface area contributed by atoms with Crippen LogP contribution in [0, 0.1) is 0 Å². The van der Waals surface area contributed by atoms with Crippen LogP contribution in [0.5, 0.6) is 0 Å². The molecule has 2 fully saturated rings. The predicted octanol–water partition coefficient (Wildman–Crippen LogP) is 0.408. The Morgan fingerprint density at radius 2 is 2.00 bits per heavy atom.